The van der Waals surface area contributed by atoms with E-state index in [0.29, 0.717) is 33.6 Å². The van der Waals surface area contributed by atoms with Crippen LogP contribution in [0.3, 0.4) is 0 Å². The van der Waals surface area contributed by atoms with Crippen LogP contribution in [0.2, 0.25) is 5.02 Å². The Morgan fingerprint density at radius 1 is 1.10 bits per heavy atom. The van der Waals surface area contributed by atoms with Gasteiger partial charge in [0, 0.05) is 22.9 Å². The molecule has 13 heteroatoms. The predicted molar refractivity (Wildman–Crippen MR) is 155 cm³/mol. The molecule has 0 atom stereocenters. The topological polar surface area (TPSA) is 138 Å². The van der Waals surface area contributed by atoms with Crippen LogP contribution in [0.25, 0.3) is 0 Å². The first-order valence-corrected chi connectivity index (χ1v) is 13.5. The van der Waals surface area contributed by atoms with Gasteiger partial charge >= 0.3 is 0 Å². The molecule has 1 aromatic heterocycles. The largest absolute Gasteiger partial charge is 0.508 e. The van der Waals surface area contributed by atoms with Gasteiger partial charge in [0.2, 0.25) is 5.16 Å². The zero-order valence-corrected chi connectivity index (χ0v) is 23.4. The Bertz CT molecular complexity index is 1510. The van der Waals surface area contributed by atoms with E-state index >= 15 is 0 Å². The summed E-state index contributed by atoms with van der Waals surface area (Å²) in [5.41, 5.74) is 4.90. The van der Waals surface area contributed by atoms with Crippen molar-refractivity contribution in [2.24, 2.45) is 5.10 Å². The first kappa shape index (κ1) is 28.7. The van der Waals surface area contributed by atoms with Crippen LogP contribution in [0.4, 0.5) is 5.69 Å². The van der Waals surface area contributed by atoms with Gasteiger partial charge in [-0.1, -0.05) is 35.5 Å². The Kier molecular flexibility index (Phi) is 9.84. The van der Waals surface area contributed by atoms with Gasteiger partial charge in [-0.25, -0.2) is 10.1 Å². The fourth-order valence-electron chi connectivity index (χ4n) is 3.48. The molecule has 4 rings (SSSR count). The van der Waals surface area contributed by atoms with Crippen LogP contribution in [-0.4, -0.2) is 68.9 Å². The normalized spacial score (nSPS) is 11.2. The van der Waals surface area contributed by atoms with E-state index in [2.05, 4.69) is 36.3 Å². The summed E-state index contributed by atoms with van der Waals surface area (Å²) in [5.74, 6) is -0.240. The number of halogens is 1. The molecule has 40 heavy (non-hydrogen) atoms. The highest BCUT2D eigenvalue weighted by atomic mass is 35.5. The number of hydrogen-bond acceptors (Lipinski definition) is 9. The van der Waals surface area contributed by atoms with Crippen LogP contribution in [-0.2, 0) is 12.3 Å². The molecule has 1 heterocycles. The Morgan fingerprint density at radius 3 is 2.67 bits per heavy atom. The second-order valence-corrected chi connectivity index (χ2v) is 10.3. The molecule has 206 valence electrons. The molecule has 0 aliphatic rings. The SMILES string of the molecule is CN(C)CCn1nnnc1SCc1cccc(C(=O)Nc2ccc(Cl)cc2C(=O)NN=Cc2ccc(O)cc2)c1. The van der Waals surface area contributed by atoms with Crippen molar-refractivity contribution in [3.05, 3.63) is 94.0 Å². The molecule has 0 radical (unpaired) electrons. The summed E-state index contributed by atoms with van der Waals surface area (Å²) in [6, 6.07) is 18.1. The van der Waals surface area contributed by atoms with Crippen molar-refractivity contribution >= 4 is 47.1 Å². The van der Waals surface area contributed by atoms with E-state index in [1.165, 1.54) is 36.2 Å². The summed E-state index contributed by atoms with van der Waals surface area (Å²) >= 11 is 7.61. The van der Waals surface area contributed by atoms with Crippen molar-refractivity contribution in [2.45, 2.75) is 17.5 Å². The number of aromatic nitrogens is 4. The summed E-state index contributed by atoms with van der Waals surface area (Å²) in [7, 11) is 3.97. The molecule has 0 fully saturated rings. The third-order valence-corrected chi connectivity index (χ3v) is 6.83. The standard InChI is InChI=1S/C27H27ClN8O3S/c1-35(2)12-13-36-27(32-33-34-36)40-17-19-4-3-5-20(14-19)25(38)30-24-11-8-21(28)15-23(24)26(39)31-29-16-18-6-9-22(37)10-7-18/h3-11,14-16,37H,12-13,17H2,1-2H3,(H,30,38)(H,31,39). The van der Waals surface area contributed by atoms with Crippen LogP contribution in [0.15, 0.2) is 77.0 Å². The number of amides is 2. The number of carbonyl (C=O) groups is 2. The van der Waals surface area contributed by atoms with E-state index in [0.717, 1.165) is 12.1 Å². The zero-order valence-electron chi connectivity index (χ0n) is 21.8. The van der Waals surface area contributed by atoms with Crippen molar-refractivity contribution in [3.8, 4) is 5.75 Å². The van der Waals surface area contributed by atoms with Gasteiger partial charge in [0.05, 0.1) is 24.0 Å². The summed E-state index contributed by atoms with van der Waals surface area (Å²) in [4.78, 5) is 28.0. The lowest BCUT2D eigenvalue weighted by atomic mass is 10.1. The average Bonchev–Trinajstić information content (AvgIpc) is 3.40. The Hall–Kier alpha value is -4.26. The van der Waals surface area contributed by atoms with E-state index < -0.39 is 5.91 Å². The number of likely N-dealkylation sites (N-methyl/N-ethyl adjacent to an activating group) is 1. The number of rotatable bonds is 11. The Morgan fingerprint density at radius 2 is 1.90 bits per heavy atom. The molecular formula is C27H27ClN8O3S. The molecule has 11 nitrogen and oxygen atoms in total. The number of hydrogen-bond donors (Lipinski definition) is 3. The maximum atomic E-state index is 13.1. The summed E-state index contributed by atoms with van der Waals surface area (Å²) in [5, 5.41) is 29.1. The van der Waals surface area contributed by atoms with E-state index in [9.17, 15) is 14.7 Å². The molecule has 4 aromatic rings. The number of phenols is 1. The van der Waals surface area contributed by atoms with Crippen molar-refractivity contribution in [1.82, 2.24) is 30.5 Å². The number of nitrogens with zero attached hydrogens (tertiary/aromatic N) is 6. The van der Waals surface area contributed by atoms with Crippen molar-refractivity contribution in [3.63, 3.8) is 0 Å². The minimum Gasteiger partial charge on any atom is -0.508 e. The van der Waals surface area contributed by atoms with Crippen LogP contribution in [0, 0.1) is 0 Å². The van der Waals surface area contributed by atoms with Gasteiger partial charge in [-0.05, 0) is 90.2 Å². The number of phenolic OH excluding ortho intramolecular Hbond substituents is 1. The number of thioether (sulfide) groups is 1. The smallest absolute Gasteiger partial charge is 0.273 e. The first-order chi connectivity index (χ1) is 19.3. The lowest BCUT2D eigenvalue weighted by Crippen LogP contribution is -2.21. The second kappa shape index (κ2) is 13.7. The van der Waals surface area contributed by atoms with E-state index in [1.807, 2.05) is 20.2 Å². The molecule has 2 amide bonds. The number of carbonyl (C=O) groups excluding carboxylic acids is 2. The van der Waals surface area contributed by atoms with Gasteiger partial charge in [-0.2, -0.15) is 5.10 Å². The molecule has 0 saturated carbocycles. The maximum absolute atomic E-state index is 13.1. The summed E-state index contributed by atoms with van der Waals surface area (Å²) in [6.07, 6.45) is 1.43. The molecule has 0 spiro atoms. The molecule has 0 aliphatic carbocycles. The molecule has 3 aromatic carbocycles. The molecular weight excluding hydrogens is 552 g/mol. The van der Waals surface area contributed by atoms with Gasteiger partial charge in [-0.15, -0.1) is 5.10 Å². The third-order valence-electron chi connectivity index (χ3n) is 5.56. The quantitative estimate of drug-likeness (QED) is 0.138. The van der Waals surface area contributed by atoms with Crippen molar-refractivity contribution in [1.29, 1.82) is 0 Å². The van der Waals surface area contributed by atoms with Crippen LogP contribution >= 0.6 is 23.4 Å². The Balaban J connectivity index is 1.41. The van der Waals surface area contributed by atoms with Gasteiger partial charge in [0.25, 0.3) is 11.8 Å². The number of anilines is 1. The van der Waals surface area contributed by atoms with Crippen molar-refractivity contribution < 1.29 is 14.7 Å². The predicted octanol–water partition coefficient (Wildman–Crippen LogP) is 3.90. The van der Waals surface area contributed by atoms with E-state index in [-0.39, 0.29) is 22.9 Å². The summed E-state index contributed by atoms with van der Waals surface area (Å²) < 4.78 is 1.75. The number of hydrazone groups is 1. The number of tetrazole rings is 1. The number of aromatic hydroxyl groups is 1. The van der Waals surface area contributed by atoms with Gasteiger partial charge in [-0.3, -0.25) is 9.59 Å². The molecule has 0 bridgehead atoms. The highest BCUT2D eigenvalue weighted by molar-refractivity contribution is 7.98. The molecule has 0 unspecified atom stereocenters. The number of benzene rings is 3. The van der Waals surface area contributed by atoms with Crippen LogP contribution in [0.5, 0.6) is 5.75 Å². The fraction of sp³-hybridized carbons (Fsp3) is 0.185. The van der Waals surface area contributed by atoms with Crippen LogP contribution < -0.4 is 10.7 Å². The van der Waals surface area contributed by atoms with Gasteiger partial charge < -0.3 is 15.3 Å². The van der Waals surface area contributed by atoms with E-state index in [4.69, 9.17) is 11.6 Å². The molecule has 0 aliphatic heterocycles. The zero-order chi connectivity index (χ0) is 28.5. The minimum atomic E-state index is -0.551. The molecule has 0 saturated heterocycles. The fourth-order valence-corrected chi connectivity index (χ4v) is 4.50. The number of nitrogens with one attached hydrogen (secondary N) is 2. The van der Waals surface area contributed by atoms with Gasteiger partial charge in [0.1, 0.15) is 5.75 Å². The summed E-state index contributed by atoms with van der Waals surface area (Å²) in [6.45, 7) is 1.48. The van der Waals surface area contributed by atoms with Crippen LogP contribution in [0.1, 0.15) is 31.8 Å². The highest BCUT2D eigenvalue weighted by Crippen LogP contribution is 2.23. The first-order valence-electron chi connectivity index (χ1n) is 12.1. The highest BCUT2D eigenvalue weighted by Gasteiger charge is 2.16. The third kappa shape index (κ3) is 8.12. The maximum Gasteiger partial charge on any atom is 0.273 e. The van der Waals surface area contributed by atoms with E-state index in [1.54, 1.807) is 47.1 Å². The van der Waals surface area contributed by atoms with Crippen molar-refractivity contribution in [2.75, 3.05) is 26.0 Å². The molecule has 3 N–H and O–H groups in total. The lowest BCUT2D eigenvalue weighted by molar-refractivity contribution is 0.0956. The lowest BCUT2D eigenvalue weighted by Gasteiger charge is -2.12. The monoisotopic (exact) mass is 578 g/mol. The second-order valence-electron chi connectivity index (χ2n) is 8.91. The minimum absolute atomic E-state index is 0.127. The average molecular weight is 579 g/mol. The Labute approximate surface area is 240 Å². The van der Waals surface area contributed by atoms with Gasteiger partial charge in [0.15, 0.2) is 0 Å².